The zero-order valence-corrected chi connectivity index (χ0v) is 12.0. The van der Waals surface area contributed by atoms with E-state index in [0.29, 0.717) is 37.0 Å². The molecule has 106 valence electrons. The van der Waals surface area contributed by atoms with Gasteiger partial charge in [0.1, 0.15) is 0 Å². The van der Waals surface area contributed by atoms with E-state index in [1.54, 1.807) is 19.2 Å². The van der Waals surface area contributed by atoms with E-state index in [-0.39, 0.29) is 5.91 Å². The fourth-order valence-corrected chi connectivity index (χ4v) is 1.88. The van der Waals surface area contributed by atoms with Crippen molar-refractivity contribution in [3.8, 4) is 0 Å². The summed E-state index contributed by atoms with van der Waals surface area (Å²) in [6.07, 6.45) is 0. The number of nitrogens with one attached hydrogen (secondary N) is 1. The van der Waals surface area contributed by atoms with Gasteiger partial charge in [-0.3, -0.25) is 9.69 Å². The number of anilines is 1. The average molecular weight is 286 g/mol. The van der Waals surface area contributed by atoms with Gasteiger partial charge < -0.3 is 15.8 Å². The van der Waals surface area contributed by atoms with Gasteiger partial charge in [-0.05, 0) is 24.7 Å². The first-order chi connectivity index (χ1) is 9.02. The first-order valence-electron chi connectivity index (χ1n) is 6.01. The number of amides is 1. The standard InChI is InChI=1S/C13H20ClN3O2/c1-17(9-13(18)16-5-6-19-2)8-10-3-4-11(15)7-12(10)14/h3-4,7H,5-6,8-9,15H2,1-2H3,(H,16,18). The molecule has 0 saturated carbocycles. The van der Waals surface area contributed by atoms with E-state index in [9.17, 15) is 4.79 Å². The van der Waals surface area contributed by atoms with Gasteiger partial charge in [0.15, 0.2) is 0 Å². The van der Waals surface area contributed by atoms with Gasteiger partial charge in [-0.25, -0.2) is 0 Å². The molecule has 0 atom stereocenters. The third-order valence-electron chi connectivity index (χ3n) is 2.56. The number of benzene rings is 1. The predicted octanol–water partition coefficient (Wildman–Crippen LogP) is 1.12. The lowest BCUT2D eigenvalue weighted by molar-refractivity contribution is -0.122. The van der Waals surface area contributed by atoms with Crippen molar-refractivity contribution in [3.05, 3.63) is 28.8 Å². The van der Waals surface area contributed by atoms with Crippen LogP contribution >= 0.6 is 11.6 Å². The maximum Gasteiger partial charge on any atom is 0.234 e. The lowest BCUT2D eigenvalue weighted by Gasteiger charge is -2.17. The summed E-state index contributed by atoms with van der Waals surface area (Å²) in [5.74, 6) is -0.0360. The molecule has 1 rings (SSSR count). The molecule has 0 aliphatic carbocycles. The van der Waals surface area contributed by atoms with Crippen LogP contribution in [0, 0.1) is 0 Å². The van der Waals surface area contributed by atoms with Crippen molar-refractivity contribution < 1.29 is 9.53 Å². The maximum atomic E-state index is 11.6. The molecule has 0 saturated heterocycles. The Labute approximate surface area is 118 Å². The van der Waals surface area contributed by atoms with Gasteiger partial charge in [0.2, 0.25) is 5.91 Å². The summed E-state index contributed by atoms with van der Waals surface area (Å²) in [5.41, 5.74) is 7.21. The number of nitrogen functional groups attached to an aromatic ring is 1. The molecule has 0 spiro atoms. The number of halogens is 1. The highest BCUT2D eigenvalue weighted by molar-refractivity contribution is 6.31. The van der Waals surface area contributed by atoms with Crippen molar-refractivity contribution in [3.63, 3.8) is 0 Å². The zero-order valence-electron chi connectivity index (χ0n) is 11.3. The molecule has 5 nitrogen and oxygen atoms in total. The zero-order chi connectivity index (χ0) is 14.3. The smallest absolute Gasteiger partial charge is 0.234 e. The minimum atomic E-state index is -0.0360. The van der Waals surface area contributed by atoms with Crippen LogP contribution in [-0.4, -0.2) is 44.7 Å². The topological polar surface area (TPSA) is 67.6 Å². The number of carbonyl (C=O) groups excluding carboxylic acids is 1. The first kappa shape index (κ1) is 15.8. The van der Waals surface area contributed by atoms with Crippen molar-refractivity contribution in [1.29, 1.82) is 0 Å². The molecule has 0 aliphatic heterocycles. The van der Waals surface area contributed by atoms with Crippen LogP contribution in [0.5, 0.6) is 0 Å². The Morgan fingerprint density at radius 2 is 2.26 bits per heavy atom. The average Bonchev–Trinajstić information content (AvgIpc) is 2.33. The van der Waals surface area contributed by atoms with Gasteiger partial charge in [-0.1, -0.05) is 17.7 Å². The number of hydrogen-bond acceptors (Lipinski definition) is 4. The second-order valence-electron chi connectivity index (χ2n) is 4.37. The summed E-state index contributed by atoms with van der Waals surface area (Å²) in [6, 6.07) is 5.38. The van der Waals surface area contributed by atoms with Gasteiger partial charge in [-0.15, -0.1) is 0 Å². The highest BCUT2D eigenvalue weighted by Crippen LogP contribution is 2.20. The number of methoxy groups -OCH3 is 1. The highest BCUT2D eigenvalue weighted by atomic mass is 35.5. The molecule has 0 fully saturated rings. The third kappa shape index (κ3) is 5.92. The molecule has 1 aromatic rings. The van der Waals surface area contributed by atoms with Crippen molar-refractivity contribution >= 4 is 23.2 Å². The Hall–Kier alpha value is -1.30. The molecule has 19 heavy (non-hydrogen) atoms. The van der Waals surface area contributed by atoms with Crippen molar-refractivity contribution in [1.82, 2.24) is 10.2 Å². The van der Waals surface area contributed by atoms with Crippen LogP contribution in [0.25, 0.3) is 0 Å². The SMILES string of the molecule is COCCNC(=O)CN(C)Cc1ccc(N)cc1Cl. The van der Waals surface area contributed by atoms with Crippen LogP contribution in [0.3, 0.4) is 0 Å². The second-order valence-corrected chi connectivity index (χ2v) is 4.77. The first-order valence-corrected chi connectivity index (χ1v) is 6.39. The molecule has 1 amide bonds. The summed E-state index contributed by atoms with van der Waals surface area (Å²) in [7, 11) is 3.46. The molecule has 6 heteroatoms. The van der Waals surface area contributed by atoms with Gasteiger partial charge in [0.05, 0.1) is 13.2 Å². The maximum absolute atomic E-state index is 11.6. The predicted molar refractivity (Wildman–Crippen MR) is 77.1 cm³/mol. The van der Waals surface area contributed by atoms with Crippen LogP contribution in [0.2, 0.25) is 5.02 Å². The van der Waals surface area contributed by atoms with Crippen LogP contribution in [0.1, 0.15) is 5.56 Å². The van der Waals surface area contributed by atoms with E-state index in [0.717, 1.165) is 5.56 Å². The molecule has 1 aromatic carbocycles. The van der Waals surface area contributed by atoms with Crippen molar-refractivity contribution in [2.45, 2.75) is 6.54 Å². The molecule has 0 heterocycles. The normalized spacial score (nSPS) is 10.7. The van der Waals surface area contributed by atoms with Crippen molar-refractivity contribution in [2.75, 3.05) is 39.6 Å². The van der Waals surface area contributed by atoms with Crippen LogP contribution < -0.4 is 11.1 Å². The Morgan fingerprint density at radius 3 is 2.89 bits per heavy atom. The largest absolute Gasteiger partial charge is 0.399 e. The van der Waals surface area contributed by atoms with E-state index < -0.39 is 0 Å². The quantitative estimate of drug-likeness (QED) is 0.582. The molecular weight excluding hydrogens is 266 g/mol. The number of hydrogen-bond donors (Lipinski definition) is 2. The van der Waals surface area contributed by atoms with E-state index in [1.165, 1.54) is 0 Å². The monoisotopic (exact) mass is 285 g/mol. The lowest BCUT2D eigenvalue weighted by Crippen LogP contribution is -2.36. The van der Waals surface area contributed by atoms with Crippen molar-refractivity contribution in [2.24, 2.45) is 0 Å². The number of carbonyl (C=O) groups is 1. The highest BCUT2D eigenvalue weighted by Gasteiger charge is 2.08. The molecule has 0 radical (unpaired) electrons. The number of nitrogens with two attached hydrogens (primary N) is 1. The number of nitrogens with zero attached hydrogens (tertiary/aromatic N) is 1. The second kappa shape index (κ2) is 7.99. The van der Waals surface area contributed by atoms with Crippen LogP contribution in [0.4, 0.5) is 5.69 Å². The summed E-state index contributed by atoms with van der Waals surface area (Å²) in [4.78, 5) is 13.5. The van der Waals surface area contributed by atoms with Gasteiger partial charge in [0.25, 0.3) is 0 Å². The van der Waals surface area contributed by atoms with Gasteiger partial charge in [0, 0.05) is 30.9 Å². The van der Waals surface area contributed by atoms with Crippen LogP contribution in [0.15, 0.2) is 18.2 Å². The van der Waals surface area contributed by atoms with Gasteiger partial charge >= 0.3 is 0 Å². The Balaban J connectivity index is 2.42. The summed E-state index contributed by atoms with van der Waals surface area (Å²) >= 11 is 6.09. The van der Waals surface area contributed by atoms with Crippen LogP contribution in [-0.2, 0) is 16.1 Å². The fraction of sp³-hybridized carbons (Fsp3) is 0.462. The number of rotatable bonds is 7. The van der Waals surface area contributed by atoms with E-state index in [1.807, 2.05) is 18.0 Å². The molecular formula is C13H20ClN3O2. The summed E-state index contributed by atoms with van der Waals surface area (Å²) < 4.78 is 4.86. The molecule has 0 unspecified atom stereocenters. The van der Waals surface area contributed by atoms with E-state index in [2.05, 4.69) is 5.32 Å². The summed E-state index contributed by atoms with van der Waals surface area (Å²) in [5, 5.41) is 3.38. The molecule has 3 N–H and O–H groups in total. The van der Waals surface area contributed by atoms with Gasteiger partial charge in [-0.2, -0.15) is 0 Å². The summed E-state index contributed by atoms with van der Waals surface area (Å²) in [6.45, 7) is 1.94. The minimum Gasteiger partial charge on any atom is -0.399 e. The molecule has 0 aliphatic rings. The lowest BCUT2D eigenvalue weighted by atomic mass is 10.2. The Bertz CT molecular complexity index is 426. The number of ether oxygens (including phenoxy) is 1. The van der Waals surface area contributed by atoms with E-state index >= 15 is 0 Å². The Kier molecular flexibility index (Phi) is 6.62. The fourth-order valence-electron chi connectivity index (χ4n) is 1.63. The Morgan fingerprint density at radius 1 is 1.53 bits per heavy atom. The number of likely N-dealkylation sites (N-methyl/N-ethyl adjacent to an activating group) is 1. The minimum absolute atomic E-state index is 0.0360. The molecule has 0 bridgehead atoms. The molecule has 0 aromatic heterocycles. The third-order valence-corrected chi connectivity index (χ3v) is 2.91. The van der Waals surface area contributed by atoms with E-state index in [4.69, 9.17) is 22.1 Å².